The molecular weight excluding hydrogens is 716 g/mol. The van der Waals surface area contributed by atoms with E-state index >= 15 is 0 Å². The Labute approximate surface area is 323 Å². The predicted molar refractivity (Wildman–Crippen MR) is 203 cm³/mol. The summed E-state index contributed by atoms with van der Waals surface area (Å²) in [5.74, 6) is -0.346. The Kier molecular flexibility index (Phi) is 17.2. The molecule has 2 rings (SSSR count). The second kappa shape index (κ2) is 20.6. The fourth-order valence-electron chi connectivity index (χ4n) is 4.94. The van der Waals surface area contributed by atoms with Gasteiger partial charge in [-0.15, -0.1) is 0 Å². The lowest BCUT2D eigenvalue weighted by molar-refractivity contribution is -0.156. The zero-order valence-corrected chi connectivity index (χ0v) is 34.2. The van der Waals surface area contributed by atoms with Gasteiger partial charge >= 0.3 is 30.5 Å². The number of hydrogen-bond acceptors (Lipinski definition) is 13. The summed E-state index contributed by atoms with van der Waals surface area (Å²) in [5, 5.41) is 0.974. The summed E-state index contributed by atoms with van der Waals surface area (Å²) in [6.07, 6.45) is -1.55. The Morgan fingerprint density at radius 3 is 1.53 bits per heavy atom. The van der Waals surface area contributed by atoms with Crippen LogP contribution >= 0.6 is 0 Å². The van der Waals surface area contributed by atoms with Crippen LogP contribution in [0.3, 0.4) is 0 Å². The molecule has 0 spiro atoms. The fraction of sp³-hybridized carbons (Fsp3) is 0.600. The average molecular weight is 775 g/mol. The van der Waals surface area contributed by atoms with Gasteiger partial charge in [0, 0.05) is 23.9 Å². The first-order valence-corrected chi connectivity index (χ1v) is 18.3. The number of ketones is 1. The van der Waals surface area contributed by atoms with Crippen molar-refractivity contribution in [2.45, 2.75) is 119 Å². The summed E-state index contributed by atoms with van der Waals surface area (Å²) in [6, 6.07) is 8.42. The monoisotopic (exact) mass is 774 g/mol. The van der Waals surface area contributed by atoms with Gasteiger partial charge in [-0.25, -0.2) is 19.2 Å². The highest BCUT2D eigenvalue weighted by atomic mass is 16.7. The van der Waals surface area contributed by atoms with Gasteiger partial charge in [0.05, 0.1) is 19.8 Å². The number of esters is 1. The van der Waals surface area contributed by atoms with Gasteiger partial charge in [-0.1, -0.05) is 24.3 Å². The van der Waals surface area contributed by atoms with Crippen LogP contribution in [0.4, 0.5) is 19.2 Å². The minimum absolute atomic E-state index is 0.00779. The van der Waals surface area contributed by atoms with E-state index in [1.54, 1.807) is 99.6 Å². The molecule has 0 saturated heterocycles. The number of unbranched alkanes of at least 4 members (excludes halogenated alkanes) is 2. The van der Waals surface area contributed by atoms with Gasteiger partial charge in [0.25, 0.3) is 0 Å². The van der Waals surface area contributed by atoms with Crippen LogP contribution in [0.1, 0.15) is 100 Å². The SMILES string of the molecule is CC(=O)CN(CCCCOC(=O)Oc1c(C)cc(OC(=O)OCCCCN(CC(=O)OC(C)(C)C)C(=O)OC(C)(C)C)c2ccccc12)C(=O)OC(C)(C)C. The standard InChI is InChI=1S/C40H58N2O13/c1-27-24-31(51-36(47)49-22-17-15-21-42(35(46)55-40(9,10)11)26-32(44)53-38(3,4)5)29-18-12-13-19-30(29)33(27)52-37(48)50-23-16-14-20-41(25-28(2)43)34(45)54-39(6,7)8/h12-13,18-19,24H,14-17,20-23,25-26H2,1-11H3. The molecule has 0 aliphatic rings. The number of hydrogen-bond donors (Lipinski definition) is 0. The Hall–Kier alpha value is -5.08. The van der Waals surface area contributed by atoms with Gasteiger partial charge < -0.3 is 38.1 Å². The van der Waals surface area contributed by atoms with Crippen molar-refractivity contribution in [3.8, 4) is 11.5 Å². The number of benzene rings is 2. The molecule has 0 fully saturated rings. The lowest BCUT2D eigenvalue weighted by Crippen LogP contribution is -2.42. The van der Waals surface area contributed by atoms with Crippen LogP contribution in [-0.2, 0) is 33.3 Å². The highest BCUT2D eigenvalue weighted by Gasteiger charge is 2.27. The van der Waals surface area contributed by atoms with Crippen molar-refractivity contribution in [1.29, 1.82) is 0 Å². The van der Waals surface area contributed by atoms with Gasteiger partial charge in [0.1, 0.15) is 40.6 Å². The number of amides is 2. The summed E-state index contributed by atoms with van der Waals surface area (Å²) in [5.41, 5.74) is -1.70. The van der Waals surface area contributed by atoms with Crippen LogP contribution in [0.25, 0.3) is 10.8 Å². The smallest absolute Gasteiger partial charge is 0.459 e. The number of Topliss-reactive ketones (excluding diaryl/α,β-unsaturated/α-hetero) is 1. The predicted octanol–water partition coefficient (Wildman–Crippen LogP) is 8.14. The molecule has 0 aliphatic heterocycles. The molecule has 0 N–H and O–H groups in total. The minimum atomic E-state index is -0.955. The first-order valence-electron chi connectivity index (χ1n) is 18.3. The van der Waals surface area contributed by atoms with Crippen molar-refractivity contribution in [3.05, 3.63) is 35.9 Å². The molecule has 0 aromatic heterocycles. The molecule has 55 heavy (non-hydrogen) atoms. The third-order valence-corrected chi connectivity index (χ3v) is 7.06. The van der Waals surface area contributed by atoms with Crippen molar-refractivity contribution in [1.82, 2.24) is 9.80 Å². The van der Waals surface area contributed by atoms with E-state index in [4.69, 9.17) is 33.2 Å². The Morgan fingerprint density at radius 1 is 0.600 bits per heavy atom. The molecule has 0 aliphatic carbocycles. The van der Waals surface area contributed by atoms with Crippen LogP contribution in [0.2, 0.25) is 0 Å². The topological polar surface area (TPSA) is 174 Å². The maximum absolute atomic E-state index is 12.8. The van der Waals surface area contributed by atoms with E-state index in [9.17, 15) is 28.8 Å². The summed E-state index contributed by atoms with van der Waals surface area (Å²) in [4.78, 5) is 77.3. The highest BCUT2D eigenvalue weighted by molar-refractivity contribution is 5.96. The summed E-state index contributed by atoms with van der Waals surface area (Å²) in [6.45, 7) is 18.7. The molecule has 0 atom stereocenters. The largest absolute Gasteiger partial charge is 0.513 e. The van der Waals surface area contributed by atoms with Crippen LogP contribution in [0.15, 0.2) is 30.3 Å². The molecule has 2 aromatic rings. The maximum Gasteiger partial charge on any atom is 0.513 e. The van der Waals surface area contributed by atoms with Crippen molar-refractivity contribution < 1.29 is 61.9 Å². The van der Waals surface area contributed by atoms with E-state index in [0.29, 0.717) is 42.0 Å². The van der Waals surface area contributed by atoms with Crippen molar-refractivity contribution in [2.75, 3.05) is 39.4 Å². The number of carbonyl (C=O) groups excluding carboxylic acids is 6. The summed E-state index contributed by atoms with van der Waals surface area (Å²) in [7, 11) is 0. The van der Waals surface area contributed by atoms with Crippen molar-refractivity contribution in [3.63, 3.8) is 0 Å². The number of carbonyl (C=O) groups is 6. The van der Waals surface area contributed by atoms with E-state index in [1.807, 2.05) is 0 Å². The fourth-order valence-corrected chi connectivity index (χ4v) is 4.94. The second-order valence-corrected chi connectivity index (χ2v) is 16.0. The van der Waals surface area contributed by atoms with E-state index in [-0.39, 0.29) is 56.7 Å². The van der Waals surface area contributed by atoms with E-state index < -0.39 is 47.3 Å². The average Bonchev–Trinajstić information content (AvgIpc) is 3.02. The van der Waals surface area contributed by atoms with E-state index in [2.05, 4.69) is 0 Å². The lowest BCUT2D eigenvalue weighted by atomic mass is 10.0. The van der Waals surface area contributed by atoms with Gasteiger partial charge in [-0.05, 0) is 113 Å². The lowest BCUT2D eigenvalue weighted by Gasteiger charge is -2.28. The first kappa shape index (κ1) is 46.1. The molecule has 0 heterocycles. The molecule has 0 radical (unpaired) electrons. The number of aryl methyl sites for hydroxylation is 1. The molecule has 0 unspecified atom stereocenters. The number of fused-ring (bicyclic) bond motifs is 1. The second-order valence-electron chi connectivity index (χ2n) is 16.0. The minimum Gasteiger partial charge on any atom is -0.459 e. The Balaban J connectivity index is 1.94. The molecule has 2 aromatic carbocycles. The third-order valence-electron chi connectivity index (χ3n) is 7.06. The van der Waals surface area contributed by atoms with E-state index in [0.717, 1.165) is 0 Å². The highest BCUT2D eigenvalue weighted by Crippen LogP contribution is 2.37. The number of rotatable bonds is 16. The van der Waals surface area contributed by atoms with Crippen LogP contribution in [0.5, 0.6) is 11.5 Å². The van der Waals surface area contributed by atoms with E-state index in [1.165, 1.54) is 16.7 Å². The molecule has 306 valence electrons. The van der Waals surface area contributed by atoms with Gasteiger partial charge in [0.15, 0.2) is 0 Å². The van der Waals surface area contributed by atoms with Gasteiger partial charge in [0.2, 0.25) is 0 Å². The summed E-state index contributed by atoms with van der Waals surface area (Å²) < 4.78 is 37.8. The number of nitrogens with zero attached hydrogens (tertiary/aromatic N) is 2. The quantitative estimate of drug-likeness (QED) is 0.0693. The first-order chi connectivity index (χ1) is 25.4. The molecule has 0 bridgehead atoms. The molecular formula is C40H58N2O13. The Bertz CT molecular complexity index is 1650. The normalized spacial score (nSPS) is 11.6. The zero-order valence-electron chi connectivity index (χ0n) is 34.2. The van der Waals surface area contributed by atoms with Crippen LogP contribution in [0, 0.1) is 6.92 Å². The zero-order chi connectivity index (χ0) is 41.6. The Morgan fingerprint density at radius 2 is 1.05 bits per heavy atom. The number of ether oxygens (including phenoxy) is 7. The maximum atomic E-state index is 12.8. The molecule has 2 amide bonds. The van der Waals surface area contributed by atoms with Gasteiger partial charge in [-0.2, -0.15) is 0 Å². The molecule has 15 heteroatoms. The summed E-state index contributed by atoms with van der Waals surface area (Å²) >= 11 is 0. The van der Waals surface area contributed by atoms with Crippen molar-refractivity contribution >= 4 is 47.0 Å². The van der Waals surface area contributed by atoms with Crippen LogP contribution in [-0.4, -0.2) is 102 Å². The molecule has 0 saturated carbocycles. The van der Waals surface area contributed by atoms with Crippen LogP contribution < -0.4 is 9.47 Å². The van der Waals surface area contributed by atoms with Crippen molar-refractivity contribution in [2.24, 2.45) is 0 Å². The molecule has 15 nitrogen and oxygen atoms in total. The third kappa shape index (κ3) is 18.2. The van der Waals surface area contributed by atoms with Gasteiger partial charge in [-0.3, -0.25) is 14.5 Å².